The van der Waals surface area contributed by atoms with Crippen LogP contribution in [0.2, 0.25) is 0 Å². The molecular weight excluding hydrogens is 200 g/mol. The van der Waals surface area contributed by atoms with E-state index in [-0.39, 0.29) is 5.78 Å². The minimum Gasteiger partial charge on any atom is -0.398 e. The van der Waals surface area contributed by atoms with Gasteiger partial charge in [0.25, 0.3) is 0 Å². The number of ketones is 1. The first-order valence-corrected chi connectivity index (χ1v) is 5.14. The third-order valence-corrected chi connectivity index (χ3v) is 2.53. The van der Waals surface area contributed by atoms with Gasteiger partial charge in [0, 0.05) is 17.4 Å². The number of hydrogen-bond acceptors (Lipinski definition) is 2. The molecule has 1 aromatic carbocycles. The van der Waals surface area contributed by atoms with Crippen molar-refractivity contribution >= 4 is 11.5 Å². The van der Waals surface area contributed by atoms with Gasteiger partial charge in [-0.3, -0.25) is 4.79 Å². The van der Waals surface area contributed by atoms with Crippen LogP contribution in [0.5, 0.6) is 0 Å². The topological polar surface area (TPSA) is 58.9 Å². The monoisotopic (exact) mass is 214 g/mol. The third-order valence-electron chi connectivity index (χ3n) is 2.53. The molecule has 3 N–H and O–H groups in total. The number of hydrogen-bond donors (Lipinski definition) is 2. The van der Waals surface area contributed by atoms with Gasteiger partial charge < -0.3 is 10.7 Å². The Morgan fingerprint density at radius 2 is 1.94 bits per heavy atom. The lowest BCUT2D eigenvalue weighted by Gasteiger charge is -2.04. The van der Waals surface area contributed by atoms with Gasteiger partial charge in [0.05, 0.1) is 5.69 Å². The molecule has 0 radical (unpaired) electrons. The van der Waals surface area contributed by atoms with Gasteiger partial charge in [-0.1, -0.05) is 11.6 Å². The second-order valence-corrected chi connectivity index (χ2v) is 4.01. The molecule has 0 aliphatic carbocycles. The first-order chi connectivity index (χ1) is 7.58. The van der Waals surface area contributed by atoms with Crippen molar-refractivity contribution in [3.8, 4) is 0 Å². The van der Waals surface area contributed by atoms with Crippen molar-refractivity contribution in [1.29, 1.82) is 0 Å². The minimum atomic E-state index is -0.0608. The Balaban J connectivity index is 2.45. The summed E-state index contributed by atoms with van der Waals surface area (Å²) >= 11 is 0. The molecule has 1 aromatic heterocycles. The SMILES string of the molecule is Cc1c[nH]c(C(=O)c2cc(C)ccc2N)c1. The zero-order valence-electron chi connectivity index (χ0n) is 9.37. The number of nitrogens with one attached hydrogen (secondary N) is 1. The Kier molecular flexibility index (Phi) is 2.52. The zero-order valence-corrected chi connectivity index (χ0v) is 9.37. The van der Waals surface area contributed by atoms with Crippen molar-refractivity contribution < 1.29 is 4.79 Å². The first-order valence-electron chi connectivity index (χ1n) is 5.14. The minimum absolute atomic E-state index is 0.0608. The predicted molar refractivity (Wildman–Crippen MR) is 64.6 cm³/mol. The quantitative estimate of drug-likeness (QED) is 0.596. The molecule has 1 heterocycles. The largest absolute Gasteiger partial charge is 0.398 e. The molecule has 16 heavy (non-hydrogen) atoms. The maximum Gasteiger partial charge on any atom is 0.211 e. The second kappa shape index (κ2) is 3.85. The Morgan fingerprint density at radius 1 is 1.19 bits per heavy atom. The van der Waals surface area contributed by atoms with E-state index in [4.69, 9.17) is 5.73 Å². The van der Waals surface area contributed by atoms with Gasteiger partial charge in [-0.25, -0.2) is 0 Å². The Morgan fingerprint density at radius 3 is 2.56 bits per heavy atom. The van der Waals surface area contributed by atoms with Crippen molar-refractivity contribution in [1.82, 2.24) is 4.98 Å². The highest BCUT2D eigenvalue weighted by atomic mass is 16.1. The van der Waals surface area contributed by atoms with Crippen molar-refractivity contribution in [2.24, 2.45) is 0 Å². The summed E-state index contributed by atoms with van der Waals surface area (Å²) in [4.78, 5) is 15.1. The van der Waals surface area contributed by atoms with Gasteiger partial charge in [-0.05, 0) is 37.6 Å². The van der Waals surface area contributed by atoms with E-state index in [9.17, 15) is 4.79 Å². The third kappa shape index (κ3) is 1.84. The lowest BCUT2D eigenvalue weighted by Crippen LogP contribution is -2.06. The number of rotatable bonds is 2. The maximum atomic E-state index is 12.1. The Bertz CT molecular complexity index is 541. The van der Waals surface area contributed by atoms with Gasteiger partial charge >= 0.3 is 0 Å². The molecule has 0 fully saturated rings. The van der Waals surface area contributed by atoms with Crippen molar-refractivity contribution in [3.05, 3.63) is 52.8 Å². The van der Waals surface area contributed by atoms with Gasteiger partial charge in [-0.15, -0.1) is 0 Å². The van der Waals surface area contributed by atoms with Crippen LogP contribution in [-0.2, 0) is 0 Å². The van der Waals surface area contributed by atoms with Crippen LogP contribution in [0.3, 0.4) is 0 Å². The van der Waals surface area contributed by atoms with Gasteiger partial charge in [0.1, 0.15) is 0 Å². The molecule has 0 atom stereocenters. The maximum absolute atomic E-state index is 12.1. The number of aromatic nitrogens is 1. The molecule has 0 bridgehead atoms. The van der Waals surface area contributed by atoms with Gasteiger partial charge in [-0.2, -0.15) is 0 Å². The molecule has 0 saturated heterocycles. The van der Waals surface area contributed by atoms with Crippen LogP contribution in [0.1, 0.15) is 27.2 Å². The van der Waals surface area contributed by atoms with Crippen LogP contribution in [0.25, 0.3) is 0 Å². The predicted octanol–water partition coefficient (Wildman–Crippen LogP) is 2.44. The molecule has 0 aliphatic rings. The average molecular weight is 214 g/mol. The molecule has 2 aromatic rings. The van der Waals surface area contributed by atoms with E-state index in [1.807, 2.05) is 32.0 Å². The van der Waals surface area contributed by atoms with E-state index in [2.05, 4.69) is 4.98 Å². The summed E-state index contributed by atoms with van der Waals surface area (Å²) in [7, 11) is 0. The van der Waals surface area contributed by atoms with Crippen molar-refractivity contribution in [2.75, 3.05) is 5.73 Å². The van der Waals surface area contributed by atoms with Crippen LogP contribution in [0.4, 0.5) is 5.69 Å². The number of anilines is 1. The number of carbonyl (C=O) groups excluding carboxylic acids is 1. The number of nitrogens with two attached hydrogens (primary N) is 1. The van der Waals surface area contributed by atoms with Crippen LogP contribution in [0.15, 0.2) is 30.5 Å². The average Bonchev–Trinajstić information content (AvgIpc) is 2.67. The molecule has 82 valence electrons. The van der Waals surface area contributed by atoms with Crippen LogP contribution in [0, 0.1) is 13.8 Å². The Hall–Kier alpha value is -2.03. The summed E-state index contributed by atoms with van der Waals surface area (Å²) in [6.45, 7) is 3.88. The summed E-state index contributed by atoms with van der Waals surface area (Å²) in [6.07, 6.45) is 1.80. The molecule has 0 aliphatic heterocycles. The number of carbonyl (C=O) groups is 1. The van der Waals surface area contributed by atoms with Crippen LogP contribution >= 0.6 is 0 Å². The van der Waals surface area contributed by atoms with Crippen LogP contribution in [-0.4, -0.2) is 10.8 Å². The molecule has 0 spiro atoms. The van der Waals surface area contributed by atoms with E-state index in [1.54, 1.807) is 12.3 Å². The van der Waals surface area contributed by atoms with E-state index < -0.39 is 0 Å². The first kappa shape index (κ1) is 10.5. The molecule has 0 unspecified atom stereocenters. The highest BCUT2D eigenvalue weighted by Gasteiger charge is 2.13. The fraction of sp³-hybridized carbons (Fsp3) is 0.154. The number of aryl methyl sites for hydroxylation is 2. The second-order valence-electron chi connectivity index (χ2n) is 4.01. The summed E-state index contributed by atoms with van der Waals surface area (Å²) in [6, 6.07) is 7.29. The fourth-order valence-corrected chi connectivity index (χ4v) is 1.65. The van der Waals surface area contributed by atoms with E-state index in [0.717, 1.165) is 11.1 Å². The summed E-state index contributed by atoms with van der Waals surface area (Å²) < 4.78 is 0. The fourth-order valence-electron chi connectivity index (χ4n) is 1.65. The van der Waals surface area contributed by atoms with Crippen molar-refractivity contribution in [3.63, 3.8) is 0 Å². The summed E-state index contributed by atoms with van der Waals surface area (Å²) in [5.41, 5.74) is 9.52. The normalized spacial score (nSPS) is 10.4. The molecule has 3 nitrogen and oxygen atoms in total. The van der Waals surface area contributed by atoms with E-state index >= 15 is 0 Å². The molecule has 0 saturated carbocycles. The molecule has 2 rings (SSSR count). The zero-order chi connectivity index (χ0) is 11.7. The highest BCUT2D eigenvalue weighted by Crippen LogP contribution is 2.18. The number of aromatic amines is 1. The molecular formula is C13H14N2O. The molecule has 0 amide bonds. The van der Waals surface area contributed by atoms with Gasteiger partial charge in [0.15, 0.2) is 0 Å². The summed E-state index contributed by atoms with van der Waals surface area (Å²) in [5, 5.41) is 0. The number of H-pyrrole nitrogens is 1. The van der Waals surface area contributed by atoms with Crippen LogP contribution < -0.4 is 5.73 Å². The lowest BCUT2D eigenvalue weighted by molar-refractivity contribution is 0.103. The Labute approximate surface area is 94.3 Å². The smallest absolute Gasteiger partial charge is 0.211 e. The number of benzene rings is 1. The van der Waals surface area contributed by atoms with Crippen molar-refractivity contribution in [2.45, 2.75) is 13.8 Å². The number of nitrogen functional groups attached to an aromatic ring is 1. The van der Waals surface area contributed by atoms with Gasteiger partial charge in [0.2, 0.25) is 5.78 Å². The standard InChI is InChI=1S/C13H14N2O/c1-8-3-4-11(14)10(5-8)13(16)12-6-9(2)7-15-12/h3-7,15H,14H2,1-2H3. The lowest BCUT2D eigenvalue weighted by atomic mass is 10.0. The van der Waals surface area contributed by atoms with E-state index in [0.29, 0.717) is 16.9 Å². The highest BCUT2D eigenvalue weighted by molar-refractivity contribution is 6.11. The van der Waals surface area contributed by atoms with E-state index in [1.165, 1.54) is 0 Å². The summed E-state index contributed by atoms with van der Waals surface area (Å²) in [5.74, 6) is -0.0608. The molecule has 3 heteroatoms.